The third kappa shape index (κ3) is 5.50. The van der Waals surface area contributed by atoms with Crippen molar-refractivity contribution in [1.29, 1.82) is 0 Å². The molecule has 0 aliphatic rings. The van der Waals surface area contributed by atoms with Gasteiger partial charge in [0.15, 0.2) is 0 Å². The molecule has 0 bridgehead atoms. The molecule has 0 radical (unpaired) electrons. The normalized spacial score (nSPS) is 12.6. The van der Waals surface area contributed by atoms with Crippen LogP contribution in [-0.4, -0.2) is 55.6 Å². The van der Waals surface area contributed by atoms with Crippen molar-refractivity contribution < 1.29 is 19.1 Å². The van der Waals surface area contributed by atoms with Gasteiger partial charge in [0, 0.05) is 17.1 Å². The Morgan fingerprint density at radius 2 is 1.79 bits per heavy atom. The average Bonchev–Trinajstić information content (AvgIpc) is 2.83. The van der Waals surface area contributed by atoms with E-state index in [1.54, 1.807) is 43.3 Å². The maximum Gasteiger partial charge on any atom is 0.212 e. The van der Waals surface area contributed by atoms with Crippen LogP contribution in [0.4, 0.5) is 0 Å². The summed E-state index contributed by atoms with van der Waals surface area (Å²) in [7, 11) is 5.38. The van der Waals surface area contributed by atoms with Crippen molar-refractivity contribution in [1.82, 2.24) is 9.80 Å². The van der Waals surface area contributed by atoms with Crippen LogP contribution in [0.2, 0.25) is 5.02 Å². The van der Waals surface area contributed by atoms with Crippen LogP contribution in [0.1, 0.15) is 23.3 Å². The third-order valence-electron chi connectivity index (χ3n) is 5.42. The summed E-state index contributed by atoms with van der Waals surface area (Å²) in [6.07, 6.45) is 1.15. The minimum Gasteiger partial charge on any atom is -0.497 e. The van der Waals surface area contributed by atoms with Crippen LogP contribution in [0.25, 0.3) is 11.0 Å². The van der Waals surface area contributed by atoms with Gasteiger partial charge in [-0.3, -0.25) is 9.59 Å². The molecule has 7 nitrogen and oxygen atoms in total. The topological polar surface area (TPSA) is 83.2 Å². The highest BCUT2D eigenvalue weighted by atomic mass is 35.5. The molecule has 1 heterocycles. The number of carbonyl (C=O) groups is 1. The van der Waals surface area contributed by atoms with E-state index in [1.807, 2.05) is 19.0 Å². The largest absolute Gasteiger partial charge is 0.497 e. The monoisotopic (exact) mass is 486 g/mol. The molecule has 1 aromatic heterocycles. The Hall–Kier alpha value is -3.13. The van der Waals surface area contributed by atoms with E-state index in [0.717, 1.165) is 0 Å². The molecule has 3 aromatic rings. The maximum atomic E-state index is 13.6. The third-order valence-corrected chi connectivity index (χ3v) is 5.65. The van der Waals surface area contributed by atoms with Gasteiger partial charge in [-0.2, -0.15) is 0 Å². The molecule has 34 heavy (non-hydrogen) atoms. The first kappa shape index (κ1) is 27.1. The maximum absolute atomic E-state index is 13.6. The molecule has 0 aliphatic carbocycles. The van der Waals surface area contributed by atoms with Gasteiger partial charge in [-0.25, -0.2) is 0 Å². The Balaban J connectivity index is 0.00000199. The van der Waals surface area contributed by atoms with Crippen LogP contribution in [0, 0.1) is 6.92 Å². The number of fused-ring (bicyclic) bond motifs is 1. The minimum absolute atomic E-state index is 0.0330. The van der Waals surface area contributed by atoms with Gasteiger partial charge in [0.2, 0.25) is 17.6 Å². The molecule has 2 aromatic carbocycles. The Bertz CT molecular complexity index is 1180. The van der Waals surface area contributed by atoms with E-state index in [-0.39, 0.29) is 23.3 Å². The van der Waals surface area contributed by atoms with E-state index < -0.39 is 11.2 Å². The van der Waals surface area contributed by atoms with Crippen molar-refractivity contribution in [2.75, 3.05) is 34.3 Å². The Morgan fingerprint density at radius 3 is 2.35 bits per heavy atom. The summed E-state index contributed by atoms with van der Waals surface area (Å²) in [4.78, 5) is 29.0. The van der Waals surface area contributed by atoms with E-state index >= 15 is 0 Å². The van der Waals surface area contributed by atoms with Gasteiger partial charge >= 0.3 is 0 Å². The molecule has 1 unspecified atom stereocenters. The van der Waals surface area contributed by atoms with Crippen LogP contribution < -0.4 is 10.2 Å². The first-order valence-corrected chi connectivity index (χ1v) is 11.1. The quantitative estimate of drug-likeness (QED) is 0.278. The molecule has 0 spiro atoms. The second-order valence-electron chi connectivity index (χ2n) is 7.86. The minimum atomic E-state index is -2.05. The number of aryl methyl sites for hydroxylation is 1. The van der Waals surface area contributed by atoms with Crippen molar-refractivity contribution >= 4 is 29.0 Å². The lowest BCUT2D eigenvalue weighted by atomic mass is 9.90. The van der Waals surface area contributed by atoms with E-state index in [9.17, 15) is 14.7 Å². The van der Waals surface area contributed by atoms with Gasteiger partial charge in [0.1, 0.15) is 17.1 Å². The molecule has 8 heteroatoms. The van der Waals surface area contributed by atoms with E-state index in [1.165, 1.54) is 18.1 Å². The summed E-state index contributed by atoms with van der Waals surface area (Å²) in [5, 5.41) is 12.7. The van der Waals surface area contributed by atoms with Crippen molar-refractivity contribution in [3.05, 3.63) is 87.8 Å². The summed E-state index contributed by atoms with van der Waals surface area (Å²) < 4.78 is 11.1. The zero-order valence-corrected chi connectivity index (χ0v) is 20.8. The first-order chi connectivity index (χ1) is 16.2. The van der Waals surface area contributed by atoms with Crippen molar-refractivity contribution in [2.45, 2.75) is 19.1 Å². The lowest BCUT2D eigenvalue weighted by molar-refractivity contribution is -0.140. The number of amides is 1. The van der Waals surface area contributed by atoms with Crippen molar-refractivity contribution in [3.8, 4) is 5.75 Å². The predicted molar refractivity (Wildman–Crippen MR) is 135 cm³/mol. The van der Waals surface area contributed by atoms with Crippen molar-refractivity contribution in [3.63, 3.8) is 0 Å². The van der Waals surface area contributed by atoms with Gasteiger partial charge in [0.25, 0.3) is 0 Å². The average molecular weight is 487 g/mol. The molecule has 0 aliphatic heterocycles. The zero-order valence-electron chi connectivity index (χ0n) is 20.0. The fraction of sp³-hybridized carbons (Fsp3) is 0.308. The molecular weight excluding hydrogens is 456 g/mol. The molecule has 1 N–H and O–H groups in total. The first-order valence-electron chi connectivity index (χ1n) is 10.7. The standard InChI is InChI=1S/C24H27ClN2O5.C2H4/c1-16-22(23(29)20-14-18(25)8-11-21(20)32-16)24(30,17-6-9-19(31-4)10-7-17)27(15-28)13-5-12-26(2)3;1-2/h6-11,14-15,30H,5,12-13H2,1-4H3;1-2H2. The number of hydrogen-bond donors (Lipinski definition) is 1. The predicted octanol–water partition coefficient (Wildman–Crippen LogP) is 4.17. The van der Waals surface area contributed by atoms with Crippen LogP contribution in [0.5, 0.6) is 5.75 Å². The summed E-state index contributed by atoms with van der Waals surface area (Å²) in [5.41, 5.74) is -1.85. The number of benzene rings is 2. The SMILES string of the molecule is C=C.COc1ccc(C(O)(c2c(C)oc3ccc(Cl)cc3c2=O)N(C=O)CCCN(C)C)cc1. The number of aliphatic hydroxyl groups is 1. The molecule has 0 saturated carbocycles. The molecule has 3 rings (SSSR count). The Morgan fingerprint density at radius 1 is 1.15 bits per heavy atom. The number of nitrogens with zero attached hydrogens (tertiary/aromatic N) is 2. The summed E-state index contributed by atoms with van der Waals surface area (Å²) in [6.45, 7) is 8.52. The number of hydrogen-bond acceptors (Lipinski definition) is 6. The van der Waals surface area contributed by atoms with E-state index in [0.29, 0.717) is 41.3 Å². The fourth-order valence-corrected chi connectivity index (χ4v) is 3.98. The Kier molecular flexibility index (Phi) is 9.44. The highest BCUT2D eigenvalue weighted by Crippen LogP contribution is 2.35. The molecule has 1 atom stereocenters. The summed E-state index contributed by atoms with van der Waals surface area (Å²) in [6, 6.07) is 11.3. The number of halogens is 1. The number of carbonyl (C=O) groups excluding carboxylic acids is 1. The highest BCUT2D eigenvalue weighted by Gasteiger charge is 2.42. The smallest absolute Gasteiger partial charge is 0.212 e. The van der Waals surface area contributed by atoms with Gasteiger partial charge < -0.3 is 24.1 Å². The molecular formula is C26H31ClN2O5. The second kappa shape index (κ2) is 11.8. The van der Waals surface area contributed by atoms with Crippen LogP contribution in [0.15, 0.2) is 64.8 Å². The van der Waals surface area contributed by atoms with Gasteiger partial charge in [-0.05, 0) is 64.3 Å². The van der Waals surface area contributed by atoms with E-state index in [4.69, 9.17) is 20.8 Å². The molecule has 0 saturated heterocycles. The van der Waals surface area contributed by atoms with Gasteiger partial charge in [-0.1, -0.05) is 23.7 Å². The number of methoxy groups -OCH3 is 1. The van der Waals surface area contributed by atoms with Crippen molar-refractivity contribution in [2.24, 2.45) is 0 Å². The fourth-order valence-electron chi connectivity index (χ4n) is 3.81. The Labute approximate surface area is 204 Å². The van der Waals surface area contributed by atoms with Crippen LogP contribution >= 0.6 is 11.6 Å². The van der Waals surface area contributed by atoms with E-state index in [2.05, 4.69) is 13.2 Å². The zero-order chi connectivity index (χ0) is 25.5. The molecule has 182 valence electrons. The molecule has 0 fully saturated rings. The van der Waals surface area contributed by atoms with Crippen LogP contribution in [-0.2, 0) is 10.5 Å². The lowest BCUT2D eigenvalue weighted by Gasteiger charge is -2.38. The summed E-state index contributed by atoms with van der Waals surface area (Å²) in [5.74, 6) is 0.790. The molecule has 1 amide bonds. The number of rotatable bonds is 9. The van der Waals surface area contributed by atoms with Gasteiger partial charge in [0.05, 0.1) is 18.1 Å². The lowest BCUT2D eigenvalue weighted by Crippen LogP contribution is -2.50. The summed E-state index contributed by atoms with van der Waals surface area (Å²) >= 11 is 6.11. The van der Waals surface area contributed by atoms with Gasteiger partial charge in [-0.15, -0.1) is 13.2 Å². The number of ether oxygens (including phenoxy) is 1. The van der Waals surface area contributed by atoms with Crippen LogP contribution in [0.3, 0.4) is 0 Å². The highest BCUT2D eigenvalue weighted by molar-refractivity contribution is 6.31. The second-order valence-corrected chi connectivity index (χ2v) is 8.30.